The number of methoxy groups -OCH3 is 1. The molecule has 1 aliphatic heterocycles. The molecule has 1 saturated heterocycles. The Bertz CT molecular complexity index is 1270. The maximum absolute atomic E-state index is 13.7. The van der Waals surface area contributed by atoms with Crippen molar-refractivity contribution in [2.75, 3.05) is 25.1 Å². The van der Waals surface area contributed by atoms with Gasteiger partial charge in [-0.2, -0.15) is 4.31 Å². The monoisotopic (exact) mass is 512 g/mol. The first-order chi connectivity index (χ1) is 16.8. The third kappa shape index (κ3) is 5.37. The number of anilines is 1. The lowest BCUT2D eigenvalue weighted by Crippen LogP contribution is -2.49. The standard InChI is InChI=1S/C27H29ClN2O4S/c1-3-20-8-14-24(15-9-20)35(32,33)29-18-16-22(17-19-29)30(21-10-12-23(34-2)13-11-21)27(31)25-6-4-5-7-26(25)28/h4-15,22H,3,16-19H2,1-2H3. The summed E-state index contributed by atoms with van der Waals surface area (Å²) in [6.07, 6.45) is 1.87. The lowest BCUT2D eigenvalue weighted by Gasteiger charge is -2.38. The van der Waals surface area contributed by atoms with Crippen molar-refractivity contribution in [2.24, 2.45) is 0 Å². The number of ether oxygens (including phenoxy) is 1. The molecule has 8 heteroatoms. The maximum Gasteiger partial charge on any atom is 0.260 e. The van der Waals surface area contributed by atoms with E-state index in [4.69, 9.17) is 16.3 Å². The fourth-order valence-electron chi connectivity index (χ4n) is 4.39. The summed E-state index contributed by atoms with van der Waals surface area (Å²) in [6, 6.07) is 21.1. The van der Waals surface area contributed by atoms with Gasteiger partial charge in [-0.1, -0.05) is 42.8 Å². The van der Waals surface area contributed by atoms with Crippen molar-refractivity contribution in [3.63, 3.8) is 0 Å². The highest BCUT2D eigenvalue weighted by molar-refractivity contribution is 7.89. The van der Waals surface area contributed by atoms with Crippen LogP contribution in [0.1, 0.15) is 35.7 Å². The van der Waals surface area contributed by atoms with Crippen LogP contribution in [0.5, 0.6) is 5.75 Å². The Balaban J connectivity index is 1.58. The molecule has 1 fully saturated rings. The predicted octanol–water partition coefficient (Wildman–Crippen LogP) is 5.41. The van der Waals surface area contributed by atoms with E-state index in [1.54, 1.807) is 48.4 Å². The second kappa shape index (κ2) is 10.8. The van der Waals surface area contributed by atoms with Crippen LogP contribution in [0.25, 0.3) is 0 Å². The number of benzene rings is 3. The number of piperidine rings is 1. The molecule has 0 spiro atoms. The molecule has 3 aromatic carbocycles. The van der Waals surface area contributed by atoms with Crippen molar-refractivity contribution in [3.8, 4) is 5.75 Å². The molecule has 0 bridgehead atoms. The highest BCUT2D eigenvalue weighted by Gasteiger charge is 2.34. The van der Waals surface area contributed by atoms with Crippen LogP contribution in [0.4, 0.5) is 5.69 Å². The number of aryl methyl sites for hydroxylation is 1. The van der Waals surface area contributed by atoms with Crippen LogP contribution in [0.3, 0.4) is 0 Å². The minimum absolute atomic E-state index is 0.180. The molecular weight excluding hydrogens is 484 g/mol. The van der Waals surface area contributed by atoms with Crippen LogP contribution in [0.15, 0.2) is 77.7 Å². The number of rotatable bonds is 7. The van der Waals surface area contributed by atoms with Crippen molar-refractivity contribution < 1.29 is 17.9 Å². The Morgan fingerprint density at radius 1 is 1.00 bits per heavy atom. The topological polar surface area (TPSA) is 66.9 Å². The maximum atomic E-state index is 13.7. The van der Waals surface area contributed by atoms with Gasteiger partial charge in [0.1, 0.15) is 5.75 Å². The van der Waals surface area contributed by atoms with Crippen LogP contribution < -0.4 is 9.64 Å². The fourth-order valence-corrected chi connectivity index (χ4v) is 6.07. The molecule has 35 heavy (non-hydrogen) atoms. The summed E-state index contributed by atoms with van der Waals surface area (Å²) in [7, 11) is -2.01. The average Bonchev–Trinajstić information content (AvgIpc) is 2.90. The predicted molar refractivity (Wildman–Crippen MR) is 139 cm³/mol. The van der Waals surface area contributed by atoms with Crippen LogP contribution >= 0.6 is 11.6 Å². The molecule has 0 unspecified atom stereocenters. The molecule has 0 atom stereocenters. The summed E-state index contributed by atoms with van der Waals surface area (Å²) in [5.74, 6) is 0.478. The number of carbonyl (C=O) groups excluding carboxylic acids is 1. The summed E-state index contributed by atoms with van der Waals surface area (Å²) in [4.78, 5) is 15.7. The molecule has 0 aliphatic carbocycles. The Morgan fingerprint density at radius 3 is 2.20 bits per heavy atom. The van der Waals surface area contributed by atoms with Gasteiger partial charge in [-0.15, -0.1) is 0 Å². The fraction of sp³-hybridized carbons (Fsp3) is 0.296. The quantitative estimate of drug-likeness (QED) is 0.424. The number of hydrogen-bond acceptors (Lipinski definition) is 4. The van der Waals surface area contributed by atoms with Gasteiger partial charge in [0.15, 0.2) is 0 Å². The third-order valence-electron chi connectivity index (χ3n) is 6.43. The van der Waals surface area contributed by atoms with E-state index in [2.05, 4.69) is 0 Å². The second-order valence-electron chi connectivity index (χ2n) is 8.49. The largest absolute Gasteiger partial charge is 0.497 e. The van der Waals surface area contributed by atoms with Gasteiger partial charge in [0.25, 0.3) is 5.91 Å². The number of carbonyl (C=O) groups is 1. The first-order valence-electron chi connectivity index (χ1n) is 11.7. The molecule has 0 radical (unpaired) electrons. The van der Waals surface area contributed by atoms with Gasteiger partial charge in [-0.3, -0.25) is 4.79 Å². The zero-order valence-electron chi connectivity index (χ0n) is 19.9. The Kier molecular flexibility index (Phi) is 7.79. The van der Waals surface area contributed by atoms with Gasteiger partial charge in [0.2, 0.25) is 10.0 Å². The molecule has 1 heterocycles. The first kappa shape index (κ1) is 25.2. The van der Waals surface area contributed by atoms with Crippen LogP contribution in [0, 0.1) is 0 Å². The Morgan fingerprint density at radius 2 is 1.63 bits per heavy atom. The van der Waals surface area contributed by atoms with Gasteiger partial charge < -0.3 is 9.64 Å². The second-order valence-corrected chi connectivity index (χ2v) is 10.8. The van der Waals surface area contributed by atoms with Crippen molar-refractivity contribution in [2.45, 2.75) is 37.1 Å². The van der Waals surface area contributed by atoms with Crippen molar-refractivity contribution in [1.82, 2.24) is 4.31 Å². The van der Waals surface area contributed by atoms with Crippen molar-refractivity contribution in [3.05, 3.63) is 88.9 Å². The van der Waals surface area contributed by atoms with E-state index in [9.17, 15) is 13.2 Å². The summed E-state index contributed by atoms with van der Waals surface area (Å²) in [5.41, 5.74) is 2.22. The van der Waals surface area contributed by atoms with Gasteiger partial charge in [0.05, 0.1) is 22.6 Å². The lowest BCUT2D eigenvalue weighted by molar-refractivity contribution is 0.0968. The van der Waals surface area contributed by atoms with Crippen molar-refractivity contribution >= 4 is 33.2 Å². The SMILES string of the molecule is CCc1ccc(S(=O)(=O)N2CCC(N(C(=O)c3ccccc3Cl)c3ccc(OC)cc3)CC2)cc1. The average molecular weight is 513 g/mol. The van der Waals surface area contributed by atoms with Gasteiger partial charge in [-0.25, -0.2) is 8.42 Å². The number of sulfonamides is 1. The van der Waals surface area contributed by atoms with Crippen LogP contribution in [-0.2, 0) is 16.4 Å². The van der Waals surface area contributed by atoms with E-state index in [0.29, 0.717) is 52.8 Å². The number of amides is 1. The number of hydrogen-bond donors (Lipinski definition) is 0. The van der Waals surface area contributed by atoms with Gasteiger partial charge in [-0.05, 0) is 73.4 Å². The van der Waals surface area contributed by atoms with Gasteiger partial charge >= 0.3 is 0 Å². The molecule has 0 N–H and O–H groups in total. The summed E-state index contributed by atoms with van der Waals surface area (Å²) < 4.78 is 33.2. The molecule has 0 aromatic heterocycles. The highest BCUT2D eigenvalue weighted by atomic mass is 35.5. The molecule has 3 aromatic rings. The summed E-state index contributed by atoms with van der Waals surface area (Å²) in [6.45, 7) is 2.68. The summed E-state index contributed by atoms with van der Waals surface area (Å²) >= 11 is 6.35. The van der Waals surface area contributed by atoms with Crippen LogP contribution in [0.2, 0.25) is 5.02 Å². The molecule has 0 saturated carbocycles. The van der Waals surface area contributed by atoms with E-state index in [0.717, 1.165) is 12.0 Å². The smallest absolute Gasteiger partial charge is 0.260 e. The normalized spacial score (nSPS) is 15.1. The van der Waals surface area contributed by atoms with E-state index in [1.165, 1.54) is 4.31 Å². The van der Waals surface area contributed by atoms with E-state index < -0.39 is 10.0 Å². The van der Waals surface area contributed by atoms with E-state index >= 15 is 0 Å². The van der Waals surface area contributed by atoms with E-state index in [-0.39, 0.29) is 11.9 Å². The Labute approximate surface area is 212 Å². The molecule has 184 valence electrons. The van der Waals surface area contributed by atoms with Crippen molar-refractivity contribution in [1.29, 1.82) is 0 Å². The molecule has 1 amide bonds. The molecule has 4 rings (SSSR count). The third-order valence-corrected chi connectivity index (χ3v) is 8.67. The summed E-state index contributed by atoms with van der Waals surface area (Å²) in [5, 5.41) is 0.381. The minimum Gasteiger partial charge on any atom is -0.497 e. The lowest BCUT2D eigenvalue weighted by atomic mass is 10.0. The number of halogens is 1. The minimum atomic E-state index is -3.60. The number of nitrogens with zero attached hydrogens (tertiary/aromatic N) is 2. The highest BCUT2D eigenvalue weighted by Crippen LogP contribution is 2.31. The molecule has 1 aliphatic rings. The zero-order valence-corrected chi connectivity index (χ0v) is 21.4. The zero-order chi connectivity index (χ0) is 25.0. The van der Waals surface area contributed by atoms with Gasteiger partial charge in [0, 0.05) is 24.8 Å². The molecular formula is C27H29ClN2O4S. The van der Waals surface area contributed by atoms with E-state index in [1.807, 2.05) is 43.3 Å². The Hall–Kier alpha value is -2.87. The van der Waals surface area contributed by atoms with Crippen LogP contribution in [-0.4, -0.2) is 44.9 Å². The first-order valence-corrected chi connectivity index (χ1v) is 13.5. The molecule has 6 nitrogen and oxygen atoms in total.